The third-order valence-electron chi connectivity index (χ3n) is 1.03. The van der Waals surface area contributed by atoms with Crippen LogP contribution >= 0.6 is 0 Å². The SMILES string of the molecule is FC(F)(F)c1c[c-]ccc1.[Cu+]. The van der Waals surface area contributed by atoms with Crippen LogP contribution in [0.5, 0.6) is 0 Å². The predicted molar refractivity (Wildman–Crippen MR) is 30.3 cm³/mol. The Kier molecular flexibility index (Phi) is 3.63. The van der Waals surface area contributed by atoms with Crippen molar-refractivity contribution in [3.05, 3.63) is 35.9 Å². The van der Waals surface area contributed by atoms with Crippen molar-refractivity contribution in [3.63, 3.8) is 0 Å². The van der Waals surface area contributed by atoms with Crippen LogP contribution in [-0.2, 0) is 23.2 Å². The molecule has 0 fully saturated rings. The summed E-state index contributed by atoms with van der Waals surface area (Å²) < 4.78 is 35.3. The molecule has 4 heteroatoms. The van der Waals surface area contributed by atoms with E-state index in [1.807, 2.05) is 0 Å². The standard InChI is InChI=1S/C7H4F3.Cu/c8-7(9,10)6-4-2-1-3-5-6;/h1-2,4-5H;/q-1;+1. The molecule has 1 aromatic carbocycles. The fraction of sp³-hybridized carbons (Fsp3) is 0.143. The Morgan fingerprint density at radius 3 is 2.18 bits per heavy atom. The van der Waals surface area contributed by atoms with E-state index in [9.17, 15) is 13.2 Å². The van der Waals surface area contributed by atoms with Gasteiger partial charge < -0.3 is 0 Å². The van der Waals surface area contributed by atoms with Gasteiger partial charge in [0, 0.05) is 0 Å². The average Bonchev–Trinajstić information content (AvgIpc) is 1.88. The molecule has 1 aromatic rings. The van der Waals surface area contributed by atoms with Crippen LogP contribution in [0.3, 0.4) is 0 Å². The normalized spacial score (nSPS) is 10.5. The minimum Gasteiger partial charge on any atom is -0.183 e. The minimum atomic E-state index is -4.24. The molecule has 0 nitrogen and oxygen atoms in total. The van der Waals surface area contributed by atoms with Crippen LogP contribution in [0.4, 0.5) is 13.2 Å². The Morgan fingerprint density at radius 2 is 1.91 bits per heavy atom. The number of hydrogen-bond donors (Lipinski definition) is 0. The van der Waals surface area contributed by atoms with E-state index in [0.29, 0.717) is 0 Å². The largest absolute Gasteiger partial charge is 1.00 e. The van der Waals surface area contributed by atoms with Crippen LogP contribution in [0.2, 0.25) is 0 Å². The molecule has 0 saturated heterocycles. The molecule has 0 aliphatic heterocycles. The van der Waals surface area contributed by atoms with E-state index in [0.717, 1.165) is 12.1 Å². The number of alkyl halides is 3. The van der Waals surface area contributed by atoms with Crippen molar-refractivity contribution in [1.82, 2.24) is 0 Å². The Bertz CT molecular complexity index is 205. The summed E-state index contributed by atoms with van der Waals surface area (Å²) in [6.45, 7) is 0. The molecule has 0 amide bonds. The number of benzene rings is 1. The van der Waals surface area contributed by atoms with Gasteiger partial charge in [0.25, 0.3) is 0 Å². The van der Waals surface area contributed by atoms with Crippen LogP contribution in [0, 0.1) is 6.07 Å². The average molecular weight is 209 g/mol. The van der Waals surface area contributed by atoms with Gasteiger partial charge in [-0.25, -0.2) is 0 Å². The molecule has 0 heterocycles. The molecule has 1 rings (SSSR count). The minimum absolute atomic E-state index is 0. The molecule has 0 aromatic heterocycles. The fourth-order valence-electron chi connectivity index (χ4n) is 0.570. The Labute approximate surface area is 72.9 Å². The van der Waals surface area contributed by atoms with E-state index in [2.05, 4.69) is 6.07 Å². The van der Waals surface area contributed by atoms with Crippen molar-refractivity contribution < 1.29 is 30.2 Å². The summed E-state index contributed by atoms with van der Waals surface area (Å²) in [4.78, 5) is 0. The molecule has 0 N–H and O–H groups in total. The van der Waals surface area contributed by atoms with Gasteiger partial charge in [0.1, 0.15) is 0 Å². The van der Waals surface area contributed by atoms with Crippen LogP contribution in [-0.4, -0.2) is 0 Å². The van der Waals surface area contributed by atoms with Crippen LogP contribution < -0.4 is 0 Å². The Morgan fingerprint density at radius 1 is 1.27 bits per heavy atom. The third kappa shape index (κ3) is 2.95. The summed E-state index contributed by atoms with van der Waals surface area (Å²) in [5.41, 5.74) is -0.657. The molecule has 0 spiro atoms. The van der Waals surface area contributed by atoms with Crippen molar-refractivity contribution in [3.8, 4) is 0 Å². The molecule has 64 valence electrons. The molecular formula is C7H4CuF3. The molecule has 0 unspecified atom stereocenters. The van der Waals surface area contributed by atoms with Crippen LogP contribution in [0.25, 0.3) is 0 Å². The van der Waals surface area contributed by atoms with Gasteiger partial charge in [0.05, 0.1) is 0 Å². The summed E-state index contributed by atoms with van der Waals surface area (Å²) in [5.74, 6) is 0. The van der Waals surface area contributed by atoms with Crippen molar-refractivity contribution in [1.29, 1.82) is 0 Å². The zero-order chi connectivity index (χ0) is 7.61. The molecule has 11 heavy (non-hydrogen) atoms. The van der Waals surface area contributed by atoms with E-state index in [1.165, 1.54) is 12.1 Å². The van der Waals surface area contributed by atoms with E-state index in [4.69, 9.17) is 0 Å². The van der Waals surface area contributed by atoms with E-state index < -0.39 is 11.7 Å². The van der Waals surface area contributed by atoms with Gasteiger partial charge >= 0.3 is 23.2 Å². The van der Waals surface area contributed by atoms with Crippen LogP contribution in [0.1, 0.15) is 5.56 Å². The van der Waals surface area contributed by atoms with Gasteiger partial charge in [-0.1, -0.05) is 5.56 Å². The third-order valence-corrected chi connectivity index (χ3v) is 1.03. The summed E-state index contributed by atoms with van der Waals surface area (Å²) in [6, 6.07) is 7.01. The Hall–Kier alpha value is -0.471. The number of halogens is 3. The van der Waals surface area contributed by atoms with E-state index in [-0.39, 0.29) is 17.1 Å². The first-order valence-corrected chi connectivity index (χ1v) is 2.64. The maximum absolute atomic E-state index is 11.8. The summed E-state index contributed by atoms with van der Waals surface area (Å²) >= 11 is 0. The Balaban J connectivity index is 0.000001000. The smallest absolute Gasteiger partial charge is 0.183 e. The fourth-order valence-corrected chi connectivity index (χ4v) is 0.570. The zero-order valence-electron chi connectivity index (χ0n) is 5.24. The quantitative estimate of drug-likeness (QED) is 0.454. The van der Waals surface area contributed by atoms with E-state index >= 15 is 0 Å². The van der Waals surface area contributed by atoms with E-state index in [1.54, 1.807) is 0 Å². The zero-order valence-corrected chi connectivity index (χ0v) is 6.19. The molecule has 0 bridgehead atoms. The van der Waals surface area contributed by atoms with Gasteiger partial charge in [0.15, 0.2) is 0 Å². The van der Waals surface area contributed by atoms with Gasteiger partial charge in [0.2, 0.25) is 0 Å². The molecule has 0 radical (unpaired) electrons. The van der Waals surface area contributed by atoms with Gasteiger partial charge in [-0.15, -0.1) is 0 Å². The number of rotatable bonds is 0. The molecule has 0 aliphatic carbocycles. The van der Waals surface area contributed by atoms with Gasteiger partial charge in [-0.2, -0.15) is 43.5 Å². The van der Waals surface area contributed by atoms with Crippen LogP contribution in [0.15, 0.2) is 24.3 Å². The first-order chi connectivity index (χ1) is 4.61. The molecule has 0 saturated carbocycles. The second kappa shape index (κ2) is 3.79. The van der Waals surface area contributed by atoms with Crippen molar-refractivity contribution >= 4 is 0 Å². The topological polar surface area (TPSA) is 0 Å². The monoisotopic (exact) mass is 208 g/mol. The van der Waals surface area contributed by atoms with Crippen molar-refractivity contribution in [2.24, 2.45) is 0 Å². The summed E-state index contributed by atoms with van der Waals surface area (Å²) in [7, 11) is 0. The van der Waals surface area contributed by atoms with Crippen molar-refractivity contribution in [2.45, 2.75) is 6.18 Å². The second-order valence-electron chi connectivity index (χ2n) is 1.79. The maximum Gasteiger partial charge on any atom is 1.00 e. The molecule has 0 atom stereocenters. The first-order valence-electron chi connectivity index (χ1n) is 2.64. The number of hydrogen-bond acceptors (Lipinski definition) is 0. The van der Waals surface area contributed by atoms with Crippen molar-refractivity contribution in [2.75, 3.05) is 0 Å². The molecular weight excluding hydrogens is 205 g/mol. The molecule has 0 aliphatic rings. The van der Waals surface area contributed by atoms with Gasteiger partial charge in [-0.05, 0) is 0 Å². The summed E-state index contributed by atoms with van der Waals surface area (Å²) in [5, 5.41) is 0. The predicted octanol–water partition coefficient (Wildman–Crippen LogP) is 2.50. The maximum atomic E-state index is 11.8. The first kappa shape index (κ1) is 10.5. The second-order valence-corrected chi connectivity index (χ2v) is 1.79. The summed E-state index contributed by atoms with van der Waals surface area (Å²) in [6.07, 6.45) is -4.24. The van der Waals surface area contributed by atoms with Gasteiger partial charge in [-0.3, -0.25) is 0 Å².